The Balaban J connectivity index is 3.18. The lowest BCUT2D eigenvalue weighted by Crippen LogP contribution is -2.33. The molecule has 0 spiro atoms. The lowest BCUT2D eigenvalue weighted by Gasteiger charge is -2.24. The normalized spacial score (nSPS) is 11.5. The molecule has 15 heavy (non-hydrogen) atoms. The van der Waals surface area contributed by atoms with Crippen LogP contribution in [0.5, 0.6) is 0 Å². The first-order valence-electron chi connectivity index (χ1n) is 4.83. The van der Waals surface area contributed by atoms with Crippen LogP contribution in [0.4, 0.5) is 5.69 Å². The molecule has 0 fully saturated rings. The highest BCUT2D eigenvalue weighted by Gasteiger charge is 2.20. The molecular weight excluding hydrogens is 192 g/mol. The van der Waals surface area contributed by atoms with Gasteiger partial charge in [0.2, 0.25) is 0 Å². The van der Waals surface area contributed by atoms with Crippen LogP contribution in [0.1, 0.15) is 25.0 Å². The van der Waals surface area contributed by atoms with Gasteiger partial charge in [0.15, 0.2) is 0 Å². The molecule has 0 amide bonds. The Morgan fingerprint density at radius 2 is 2.00 bits per heavy atom. The van der Waals surface area contributed by atoms with Crippen LogP contribution in [0.25, 0.3) is 0 Å². The average molecular weight is 208 g/mol. The number of benzene rings is 1. The Labute approximate surface area is 89.5 Å². The quantitative estimate of drug-likeness (QED) is 0.612. The molecular formula is C11H16N2O2. The molecule has 0 heterocycles. The largest absolute Gasteiger partial charge is 0.311 e. The van der Waals surface area contributed by atoms with Crippen LogP contribution in [0.3, 0.4) is 0 Å². The number of rotatable bonds is 3. The van der Waals surface area contributed by atoms with Crippen molar-refractivity contribution in [2.75, 3.05) is 7.05 Å². The van der Waals surface area contributed by atoms with Gasteiger partial charge < -0.3 is 5.32 Å². The molecule has 0 aliphatic heterocycles. The van der Waals surface area contributed by atoms with E-state index in [0.717, 1.165) is 5.56 Å². The summed E-state index contributed by atoms with van der Waals surface area (Å²) in [6.07, 6.45) is 0. The maximum atomic E-state index is 10.6. The number of hydrogen-bond donors (Lipinski definition) is 1. The second-order valence-corrected chi connectivity index (χ2v) is 4.13. The lowest BCUT2D eigenvalue weighted by atomic mass is 9.93. The van der Waals surface area contributed by atoms with Crippen molar-refractivity contribution in [1.29, 1.82) is 0 Å². The highest BCUT2D eigenvalue weighted by Crippen LogP contribution is 2.25. The number of nitrogens with zero attached hydrogens (tertiary/aromatic N) is 1. The van der Waals surface area contributed by atoms with E-state index in [0.29, 0.717) is 5.56 Å². The summed E-state index contributed by atoms with van der Waals surface area (Å²) in [4.78, 5) is 10.3. The highest BCUT2D eigenvalue weighted by atomic mass is 16.6. The van der Waals surface area contributed by atoms with Crippen molar-refractivity contribution in [2.45, 2.75) is 26.3 Å². The van der Waals surface area contributed by atoms with E-state index in [2.05, 4.69) is 5.32 Å². The highest BCUT2D eigenvalue weighted by molar-refractivity contribution is 5.43. The molecule has 0 saturated heterocycles. The molecule has 4 heteroatoms. The van der Waals surface area contributed by atoms with E-state index < -0.39 is 0 Å². The van der Waals surface area contributed by atoms with E-state index in [4.69, 9.17) is 0 Å². The maximum absolute atomic E-state index is 10.6. The molecule has 0 bridgehead atoms. The zero-order valence-corrected chi connectivity index (χ0v) is 9.50. The third kappa shape index (κ3) is 2.33. The minimum Gasteiger partial charge on any atom is -0.311 e. The van der Waals surface area contributed by atoms with E-state index in [1.807, 2.05) is 27.0 Å². The van der Waals surface area contributed by atoms with E-state index in [1.54, 1.807) is 19.1 Å². The second kappa shape index (κ2) is 3.98. The van der Waals surface area contributed by atoms with E-state index in [9.17, 15) is 10.1 Å². The summed E-state index contributed by atoms with van der Waals surface area (Å²) in [5.41, 5.74) is 1.75. The van der Waals surface area contributed by atoms with Crippen molar-refractivity contribution in [3.8, 4) is 0 Å². The third-order valence-corrected chi connectivity index (χ3v) is 2.74. The average Bonchev–Trinajstić information content (AvgIpc) is 2.17. The van der Waals surface area contributed by atoms with Gasteiger partial charge in [-0.1, -0.05) is 6.07 Å². The molecule has 1 N–H and O–H groups in total. The van der Waals surface area contributed by atoms with Crippen molar-refractivity contribution < 1.29 is 4.92 Å². The fraction of sp³-hybridized carbons (Fsp3) is 0.455. The lowest BCUT2D eigenvalue weighted by molar-refractivity contribution is -0.385. The van der Waals surface area contributed by atoms with Crippen molar-refractivity contribution >= 4 is 5.69 Å². The third-order valence-electron chi connectivity index (χ3n) is 2.74. The van der Waals surface area contributed by atoms with Crippen LogP contribution in [0.15, 0.2) is 18.2 Å². The van der Waals surface area contributed by atoms with Gasteiger partial charge in [0, 0.05) is 17.2 Å². The molecule has 1 aromatic carbocycles. The number of nitrogens with one attached hydrogen (secondary N) is 1. The molecule has 1 aromatic rings. The molecule has 0 unspecified atom stereocenters. The zero-order chi connectivity index (χ0) is 11.6. The Morgan fingerprint density at radius 1 is 1.40 bits per heavy atom. The van der Waals surface area contributed by atoms with E-state index in [1.165, 1.54) is 0 Å². The molecule has 0 atom stereocenters. The Bertz CT molecular complexity index is 386. The molecule has 0 aliphatic carbocycles. The van der Waals surface area contributed by atoms with Gasteiger partial charge in [-0.05, 0) is 39.4 Å². The molecule has 0 saturated carbocycles. The summed E-state index contributed by atoms with van der Waals surface area (Å²) in [5, 5.41) is 13.8. The SMILES string of the molecule is CNC(C)(C)c1ccc([N+](=O)[O-])c(C)c1. The molecule has 1 rings (SSSR count). The standard InChI is InChI=1S/C11H16N2O2/c1-8-7-9(11(2,3)12-4)5-6-10(8)13(14)15/h5-7,12H,1-4H3. The van der Waals surface area contributed by atoms with Crippen molar-refractivity contribution in [1.82, 2.24) is 5.32 Å². The van der Waals surface area contributed by atoms with Crippen molar-refractivity contribution in [2.24, 2.45) is 0 Å². The van der Waals surface area contributed by atoms with Crippen LogP contribution in [-0.2, 0) is 5.54 Å². The monoisotopic (exact) mass is 208 g/mol. The number of hydrogen-bond acceptors (Lipinski definition) is 3. The summed E-state index contributed by atoms with van der Waals surface area (Å²) in [5.74, 6) is 0. The van der Waals surface area contributed by atoms with E-state index >= 15 is 0 Å². The van der Waals surface area contributed by atoms with Crippen LogP contribution >= 0.6 is 0 Å². The maximum Gasteiger partial charge on any atom is 0.272 e. The topological polar surface area (TPSA) is 55.2 Å². The summed E-state index contributed by atoms with van der Waals surface area (Å²) in [7, 11) is 1.87. The minimum atomic E-state index is -0.356. The predicted octanol–water partition coefficient (Wildman–Crippen LogP) is 2.36. The first-order chi connectivity index (χ1) is 6.88. The second-order valence-electron chi connectivity index (χ2n) is 4.13. The van der Waals surface area contributed by atoms with Gasteiger partial charge in [-0.3, -0.25) is 10.1 Å². The molecule has 82 valence electrons. The van der Waals surface area contributed by atoms with Crippen LogP contribution in [0, 0.1) is 17.0 Å². The fourth-order valence-corrected chi connectivity index (χ4v) is 1.39. The summed E-state index contributed by atoms with van der Waals surface area (Å²) >= 11 is 0. The zero-order valence-electron chi connectivity index (χ0n) is 9.50. The smallest absolute Gasteiger partial charge is 0.272 e. The van der Waals surface area contributed by atoms with Crippen molar-refractivity contribution in [3.05, 3.63) is 39.4 Å². The number of nitro benzene ring substituents is 1. The first kappa shape index (κ1) is 11.7. The van der Waals surface area contributed by atoms with Gasteiger partial charge in [0.1, 0.15) is 0 Å². The van der Waals surface area contributed by atoms with Crippen molar-refractivity contribution in [3.63, 3.8) is 0 Å². The van der Waals surface area contributed by atoms with Gasteiger partial charge in [0.05, 0.1) is 4.92 Å². The molecule has 4 nitrogen and oxygen atoms in total. The van der Waals surface area contributed by atoms with E-state index in [-0.39, 0.29) is 16.1 Å². The summed E-state index contributed by atoms with van der Waals surface area (Å²) < 4.78 is 0. The number of aryl methyl sites for hydroxylation is 1. The fourth-order valence-electron chi connectivity index (χ4n) is 1.39. The Kier molecular flexibility index (Phi) is 3.09. The Hall–Kier alpha value is -1.42. The van der Waals surface area contributed by atoms with Gasteiger partial charge in [-0.15, -0.1) is 0 Å². The van der Waals surface area contributed by atoms with Gasteiger partial charge >= 0.3 is 0 Å². The number of nitro groups is 1. The molecule has 0 aliphatic rings. The summed E-state index contributed by atoms with van der Waals surface area (Å²) in [6.45, 7) is 5.83. The van der Waals surface area contributed by atoms with Crippen LogP contribution < -0.4 is 5.32 Å². The first-order valence-corrected chi connectivity index (χ1v) is 4.83. The van der Waals surface area contributed by atoms with Gasteiger partial charge in [-0.2, -0.15) is 0 Å². The van der Waals surface area contributed by atoms with Gasteiger partial charge in [-0.25, -0.2) is 0 Å². The summed E-state index contributed by atoms with van der Waals surface area (Å²) in [6, 6.07) is 5.21. The van der Waals surface area contributed by atoms with Crippen LogP contribution in [-0.4, -0.2) is 12.0 Å². The minimum absolute atomic E-state index is 0.167. The van der Waals surface area contributed by atoms with Gasteiger partial charge in [0.25, 0.3) is 5.69 Å². The molecule has 0 radical (unpaired) electrons. The molecule has 0 aromatic heterocycles. The van der Waals surface area contributed by atoms with Crippen LogP contribution in [0.2, 0.25) is 0 Å². The Morgan fingerprint density at radius 3 is 2.40 bits per heavy atom. The predicted molar refractivity (Wildman–Crippen MR) is 59.9 cm³/mol.